The van der Waals surface area contributed by atoms with Gasteiger partial charge >= 0.3 is 0 Å². The van der Waals surface area contributed by atoms with E-state index in [1.54, 1.807) is 0 Å². The van der Waals surface area contributed by atoms with E-state index in [-0.39, 0.29) is 12.3 Å². The molecule has 0 spiro atoms. The van der Waals surface area contributed by atoms with Gasteiger partial charge in [-0.1, -0.05) is 35.5 Å². The molecule has 1 aliphatic heterocycles. The first-order valence-electron chi connectivity index (χ1n) is 9.08. The third-order valence-corrected chi connectivity index (χ3v) is 4.69. The van der Waals surface area contributed by atoms with Crippen LogP contribution in [-0.2, 0) is 24.2 Å². The fourth-order valence-electron chi connectivity index (χ4n) is 3.20. The second-order valence-electron chi connectivity index (χ2n) is 6.57. The number of nitrogens with one attached hydrogen (secondary N) is 1. The van der Waals surface area contributed by atoms with Crippen molar-refractivity contribution in [2.24, 2.45) is 5.92 Å². The van der Waals surface area contributed by atoms with Crippen molar-refractivity contribution in [1.82, 2.24) is 20.4 Å². The van der Waals surface area contributed by atoms with Crippen molar-refractivity contribution >= 4 is 5.91 Å². The number of carbonyl (C=O) groups excluding carboxylic acids is 1. The molecule has 0 atom stereocenters. The van der Waals surface area contributed by atoms with E-state index < -0.39 is 0 Å². The zero-order chi connectivity index (χ0) is 17.5. The van der Waals surface area contributed by atoms with Gasteiger partial charge in [-0.2, -0.15) is 4.98 Å². The van der Waals surface area contributed by atoms with E-state index in [0.717, 1.165) is 37.9 Å². The lowest BCUT2D eigenvalue weighted by Gasteiger charge is -2.20. The van der Waals surface area contributed by atoms with Crippen molar-refractivity contribution in [1.29, 1.82) is 0 Å². The Balaban J connectivity index is 1.54. The number of carbonyl (C=O) groups is 1. The van der Waals surface area contributed by atoms with Crippen molar-refractivity contribution < 1.29 is 9.32 Å². The maximum Gasteiger partial charge on any atom is 0.230 e. The van der Waals surface area contributed by atoms with Crippen molar-refractivity contribution in [3.8, 4) is 0 Å². The van der Waals surface area contributed by atoms with E-state index in [1.807, 2.05) is 42.2 Å². The fraction of sp³-hybridized carbons (Fsp3) is 0.526. The Bertz CT molecular complexity index is 665. The molecule has 134 valence electrons. The Morgan fingerprint density at radius 2 is 2.04 bits per heavy atom. The van der Waals surface area contributed by atoms with Gasteiger partial charge in [0.25, 0.3) is 0 Å². The third-order valence-electron chi connectivity index (χ3n) is 4.69. The van der Waals surface area contributed by atoms with Crippen LogP contribution < -0.4 is 5.32 Å². The van der Waals surface area contributed by atoms with E-state index >= 15 is 0 Å². The van der Waals surface area contributed by atoms with E-state index in [0.29, 0.717) is 30.7 Å². The molecule has 0 saturated carbocycles. The van der Waals surface area contributed by atoms with Gasteiger partial charge in [0.1, 0.15) is 0 Å². The molecule has 1 N–H and O–H groups in total. The van der Waals surface area contributed by atoms with Crippen molar-refractivity contribution in [2.75, 3.05) is 19.6 Å². The maximum atomic E-state index is 12.5. The number of likely N-dealkylation sites (N-methyl/N-ethyl adjacent to an activating group) is 1. The molecule has 0 unspecified atom stereocenters. The normalized spacial score (nSPS) is 15.2. The number of amides is 1. The first kappa shape index (κ1) is 17.6. The summed E-state index contributed by atoms with van der Waals surface area (Å²) in [6.07, 6.45) is 3.27. The van der Waals surface area contributed by atoms with Gasteiger partial charge in [0.05, 0.1) is 6.42 Å². The number of rotatable bonds is 7. The monoisotopic (exact) mass is 342 g/mol. The summed E-state index contributed by atoms with van der Waals surface area (Å²) in [6.45, 7) is 5.35. The molecule has 6 heteroatoms. The van der Waals surface area contributed by atoms with Crippen LogP contribution >= 0.6 is 0 Å². The first-order valence-corrected chi connectivity index (χ1v) is 9.08. The average molecular weight is 342 g/mol. The number of aromatic nitrogens is 2. The Morgan fingerprint density at radius 3 is 2.76 bits per heavy atom. The summed E-state index contributed by atoms with van der Waals surface area (Å²) in [5.74, 6) is 1.76. The quantitative estimate of drug-likeness (QED) is 0.835. The van der Waals surface area contributed by atoms with Gasteiger partial charge in [-0.3, -0.25) is 4.79 Å². The molecule has 1 amide bonds. The summed E-state index contributed by atoms with van der Waals surface area (Å²) in [4.78, 5) is 18.8. The lowest BCUT2D eigenvalue weighted by molar-refractivity contribution is -0.131. The summed E-state index contributed by atoms with van der Waals surface area (Å²) < 4.78 is 5.35. The predicted molar refractivity (Wildman–Crippen MR) is 94.8 cm³/mol. The summed E-state index contributed by atoms with van der Waals surface area (Å²) in [5.41, 5.74) is 1.12. The maximum absolute atomic E-state index is 12.5. The number of hydrogen-bond donors (Lipinski definition) is 1. The van der Waals surface area contributed by atoms with Crippen LogP contribution in [0.1, 0.15) is 37.0 Å². The van der Waals surface area contributed by atoms with Gasteiger partial charge in [-0.25, -0.2) is 0 Å². The molecule has 2 heterocycles. The van der Waals surface area contributed by atoms with Crippen LogP contribution in [-0.4, -0.2) is 40.6 Å². The molecule has 0 radical (unpaired) electrons. The zero-order valence-electron chi connectivity index (χ0n) is 14.8. The van der Waals surface area contributed by atoms with Crippen LogP contribution in [0.5, 0.6) is 0 Å². The van der Waals surface area contributed by atoms with Crippen LogP contribution in [0.25, 0.3) is 0 Å². The second kappa shape index (κ2) is 8.76. The van der Waals surface area contributed by atoms with Crippen LogP contribution in [0.3, 0.4) is 0 Å². The average Bonchev–Trinajstić information content (AvgIpc) is 3.08. The van der Waals surface area contributed by atoms with Gasteiger partial charge in [0, 0.05) is 19.5 Å². The van der Waals surface area contributed by atoms with E-state index in [4.69, 9.17) is 4.52 Å². The highest BCUT2D eigenvalue weighted by molar-refractivity contribution is 5.77. The molecule has 1 aromatic heterocycles. The molecule has 0 bridgehead atoms. The minimum Gasteiger partial charge on any atom is -0.339 e. The first-order chi connectivity index (χ1) is 12.2. The largest absolute Gasteiger partial charge is 0.339 e. The number of benzene rings is 1. The van der Waals surface area contributed by atoms with Crippen LogP contribution in [0.4, 0.5) is 0 Å². The molecule has 1 saturated heterocycles. The summed E-state index contributed by atoms with van der Waals surface area (Å²) >= 11 is 0. The topological polar surface area (TPSA) is 71.3 Å². The Labute approximate surface area is 148 Å². The summed E-state index contributed by atoms with van der Waals surface area (Å²) in [6, 6.07) is 10.0. The van der Waals surface area contributed by atoms with Gasteiger partial charge in [0.15, 0.2) is 5.82 Å². The summed E-state index contributed by atoms with van der Waals surface area (Å²) in [7, 11) is 0. The molecule has 6 nitrogen and oxygen atoms in total. The standard InChI is InChI=1S/C19H26N4O2/c1-2-23(14-16-6-4-3-5-7-16)19(24)13-17-21-18(25-22-17)12-15-8-10-20-11-9-15/h3-7,15,20H,2,8-14H2,1H3. The summed E-state index contributed by atoms with van der Waals surface area (Å²) in [5, 5.41) is 7.35. The van der Waals surface area contributed by atoms with Crippen molar-refractivity contribution in [2.45, 2.75) is 39.2 Å². The van der Waals surface area contributed by atoms with Gasteiger partial charge in [0.2, 0.25) is 11.8 Å². The van der Waals surface area contributed by atoms with Gasteiger partial charge in [-0.05, 0) is 44.3 Å². The Morgan fingerprint density at radius 1 is 1.28 bits per heavy atom. The van der Waals surface area contributed by atoms with Crippen LogP contribution in [0.15, 0.2) is 34.9 Å². The lowest BCUT2D eigenvalue weighted by Crippen LogP contribution is -2.31. The zero-order valence-corrected chi connectivity index (χ0v) is 14.8. The van der Waals surface area contributed by atoms with Crippen LogP contribution in [0.2, 0.25) is 0 Å². The minimum atomic E-state index is 0.0283. The van der Waals surface area contributed by atoms with Crippen LogP contribution in [0, 0.1) is 5.92 Å². The predicted octanol–water partition coefficient (Wildman–Crippen LogP) is 2.20. The molecule has 1 aromatic carbocycles. The molecule has 3 rings (SSSR count). The Hall–Kier alpha value is -2.21. The van der Waals surface area contributed by atoms with Crippen molar-refractivity contribution in [3.63, 3.8) is 0 Å². The number of hydrogen-bond acceptors (Lipinski definition) is 5. The van der Waals surface area contributed by atoms with Crippen molar-refractivity contribution in [3.05, 3.63) is 47.6 Å². The lowest BCUT2D eigenvalue weighted by atomic mass is 9.95. The van der Waals surface area contributed by atoms with Gasteiger partial charge < -0.3 is 14.7 Å². The highest BCUT2D eigenvalue weighted by Crippen LogP contribution is 2.17. The smallest absolute Gasteiger partial charge is 0.230 e. The highest BCUT2D eigenvalue weighted by Gasteiger charge is 2.19. The molecule has 25 heavy (non-hydrogen) atoms. The highest BCUT2D eigenvalue weighted by atomic mass is 16.5. The molecule has 2 aromatic rings. The number of nitrogens with zero attached hydrogens (tertiary/aromatic N) is 3. The Kier molecular flexibility index (Phi) is 6.17. The van der Waals surface area contributed by atoms with Gasteiger partial charge in [-0.15, -0.1) is 0 Å². The second-order valence-corrected chi connectivity index (χ2v) is 6.57. The van der Waals surface area contributed by atoms with E-state index in [2.05, 4.69) is 15.5 Å². The number of piperidine rings is 1. The molecule has 1 fully saturated rings. The van der Waals surface area contributed by atoms with E-state index in [1.165, 1.54) is 0 Å². The molecular formula is C19H26N4O2. The fourth-order valence-corrected chi connectivity index (χ4v) is 3.20. The minimum absolute atomic E-state index is 0.0283. The molecule has 1 aliphatic rings. The molecular weight excluding hydrogens is 316 g/mol. The third kappa shape index (κ3) is 5.13. The SMILES string of the molecule is CCN(Cc1ccccc1)C(=O)Cc1noc(CC2CCNCC2)n1. The molecule has 0 aliphatic carbocycles. The van der Waals surface area contributed by atoms with E-state index in [9.17, 15) is 4.79 Å².